The number of nitrogens with two attached hydrogens (primary N) is 1. The number of anilines is 1. The summed E-state index contributed by atoms with van der Waals surface area (Å²) in [6.45, 7) is 5.91. The first-order valence-electron chi connectivity index (χ1n) is 9.64. The lowest BCUT2D eigenvalue weighted by Crippen LogP contribution is -2.22. The molecule has 4 rings (SSSR count). The van der Waals surface area contributed by atoms with Crippen LogP contribution in [0.25, 0.3) is 33.2 Å². The topological polar surface area (TPSA) is 78.8 Å². The first kappa shape index (κ1) is 19.3. The van der Waals surface area contributed by atoms with Crippen molar-refractivity contribution in [3.63, 3.8) is 0 Å². The molecule has 3 aromatic heterocycles. The molecule has 0 saturated carbocycles. The van der Waals surface area contributed by atoms with Crippen molar-refractivity contribution in [2.24, 2.45) is 0 Å². The molecule has 150 valence electrons. The molecule has 0 saturated heterocycles. The van der Waals surface area contributed by atoms with E-state index in [2.05, 4.69) is 15.0 Å². The fourth-order valence-corrected chi connectivity index (χ4v) is 3.46. The molecule has 2 N–H and O–H groups in total. The molecule has 3 heterocycles. The van der Waals surface area contributed by atoms with Crippen molar-refractivity contribution in [2.75, 3.05) is 12.3 Å². The Hall–Kier alpha value is -3.06. The SMILES string of the molecule is CCOCc1nc2c(N)nc3cc(-c4ccccc4)cnc3c2n1CC(C)(C)F. The summed E-state index contributed by atoms with van der Waals surface area (Å²) in [5.74, 6) is 0.912. The highest BCUT2D eigenvalue weighted by molar-refractivity contribution is 6.05. The largest absolute Gasteiger partial charge is 0.382 e. The van der Waals surface area contributed by atoms with E-state index in [1.807, 2.05) is 47.9 Å². The predicted octanol–water partition coefficient (Wildman–Crippen LogP) is 4.51. The molecule has 0 aliphatic rings. The minimum atomic E-state index is -1.44. The van der Waals surface area contributed by atoms with E-state index in [-0.39, 0.29) is 13.2 Å². The van der Waals surface area contributed by atoms with Gasteiger partial charge in [-0.25, -0.2) is 14.4 Å². The third-order valence-corrected chi connectivity index (χ3v) is 4.70. The van der Waals surface area contributed by atoms with Gasteiger partial charge in [-0.3, -0.25) is 4.98 Å². The molecule has 0 aliphatic heterocycles. The number of ether oxygens (including phenoxy) is 1. The molecule has 0 atom stereocenters. The monoisotopic (exact) mass is 393 g/mol. The van der Waals surface area contributed by atoms with Crippen LogP contribution >= 0.6 is 0 Å². The molecule has 0 aliphatic carbocycles. The Morgan fingerprint density at radius 2 is 1.86 bits per heavy atom. The highest BCUT2D eigenvalue weighted by Crippen LogP contribution is 2.31. The summed E-state index contributed by atoms with van der Waals surface area (Å²) in [7, 11) is 0. The first-order valence-corrected chi connectivity index (χ1v) is 9.64. The Labute approximate surface area is 168 Å². The second-order valence-corrected chi connectivity index (χ2v) is 7.62. The number of alkyl halides is 1. The van der Waals surface area contributed by atoms with Crippen LogP contribution in [0.15, 0.2) is 42.6 Å². The average molecular weight is 393 g/mol. The molecule has 0 fully saturated rings. The summed E-state index contributed by atoms with van der Waals surface area (Å²) in [5.41, 5.74) is 9.28. The molecule has 6 nitrogen and oxygen atoms in total. The summed E-state index contributed by atoms with van der Waals surface area (Å²) < 4.78 is 22.0. The van der Waals surface area contributed by atoms with Crippen LogP contribution in [0.2, 0.25) is 0 Å². The number of hydrogen-bond acceptors (Lipinski definition) is 5. The van der Waals surface area contributed by atoms with E-state index in [0.717, 1.165) is 11.1 Å². The van der Waals surface area contributed by atoms with Crippen molar-refractivity contribution in [1.29, 1.82) is 0 Å². The van der Waals surface area contributed by atoms with E-state index in [0.29, 0.717) is 40.3 Å². The Morgan fingerprint density at radius 1 is 1.10 bits per heavy atom. The van der Waals surface area contributed by atoms with Crippen LogP contribution in [-0.4, -0.2) is 31.8 Å². The van der Waals surface area contributed by atoms with Crippen LogP contribution in [0.4, 0.5) is 10.2 Å². The summed E-state index contributed by atoms with van der Waals surface area (Å²) in [4.78, 5) is 13.8. The molecule has 0 unspecified atom stereocenters. The van der Waals surface area contributed by atoms with Crippen LogP contribution < -0.4 is 5.73 Å². The summed E-state index contributed by atoms with van der Waals surface area (Å²) in [5, 5.41) is 0. The number of hydrogen-bond donors (Lipinski definition) is 1. The molecule has 1 aromatic carbocycles. The lowest BCUT2D eigenvalue weighted by molar-refractivity contribution is 0.120. The normalized spacial score (nSPS) is 12.1. The summed E-state index contributed by atoms with van der Waals surface area (Å²) in [6, 6.07) is 11.9. The first-order chi connectivity index (χ1) is 13.9. The number of rotatable bonds is 6. The molecule has 29 heavy (non-hydrogen) atoms. The fraction of sp³-hybridized carbons (Fsp3) is 0.318. The highest BCUT2D eigenvalue weighted by atomic mass is 19.1. The maximum atomic E-state index is 14.6. The molecule has 4 aromatic rings. The van der Waals surface area contributed by atoms with Gasteiger partial charge in [-0.15, -0.1) is 0 Å². The van der Waals surface area contributed by atoms with E-state index in [1.165, 1.54) is 13.8 Å². The van der Waals surface area contributed by atoms with Gasteiger partial charge in [-0.2, -0.15) is 0 Å². The van der Waals surface area contributed by atoms with Crippen molar-refractivity contribution in [3.8, 4) is 11.1 Å². The number of imidazole rings is 1. The molecule has 7 heteroatoms. The number of pyridine rings is 2. The highest BCUT2D eigenvalue weighted by Gasteiger charge is 2.24. The molecule has 0 radical (unpaired) electrons. The summed E-state index contributed by atoms with van der Waals surface area (Å²) >= 11 is 0. The third-order valence-electron chi connectivity index (χ3n) is 4.70. The number of halogens is 1. The number of nitrogens with zero attached hydrogens (tertiary/aromatic N) is 4. The van der Waals surface area contributed by atoms with E-state index in [9.17, 15) is 4.39 Å². The Morgan fingerprint density at radius 3 is 2.55 bits per heavy atom. The van der Waals surface area contributed by atoms with Gasteiger partial charge in [0.1, 0.15) is 34.7 Å². The van der Waals surface area contributed by atoms with Crippen LogP contribution in [0.5, 0.6) is 0 Å². The van der Waals surface area contributed by atoms with E-state index in [4.69, 9.17) is 10.5 Å². The van der Waals surface area contributed by atoms with Gasteiger partial charge in [0, 0.05) is 18.4 Å². The average Bonchev–Trinajstić information content (AvgIpc) is 3.04. The van der Waals surface area contributed by atoms with Crippen molar-refractivity contribution < 1.29 is 9.13 Å². The van der Waals surface area contributed by atoms with Gasteiger partial charge in [0.15, 0.2) is 5.82 Å². The van der Waals surface area contributed by atoms with Crippen molar-refractivity contribution in [2.45, 2.75) is 39.6 Å². The van der Waals surface area contributed by atoms with E-state index < -0.39 is 5.67 Å². The Bertz CT molecular complexity index is 1160. The van der Waals surface area contributed by atoms with E-state index >= 15 is 0 Å². The number of benzene rings is 1. The number of nitrogen functional groups attached to an aromatic ring is 1. The fourth-order valence-electron chi connectivity index (χ4n) is 3.46. The minimum absolute atomic E-state index is 0.118. The maximum Gasteiger partial charge on any atom is 0.152 e. The van der Waals surface area contributed by atoms with Gasteiger partial charge in [0.25, 0.3) is 0 Å². The maximum absolute atomic E-state index is 14.6. The van der Waals surface area contributed by atoms with Gasteiger partial charge in [-0.1, -0.05) is 30.3 Å². The van der Waals surface area contributed by atoms with Crippen LogP contribution in [0.1, 0.15) is 26.6 Å². The zero-order valence-electron chi connectivity index (χ0n) is 16.8. The third kappa shape index (κ3) is 3.78. The minimum Gasteiger partial charge on any atom is -0.382 e. The second-order valence-electron chi connectivity index (χ2n) is 7.62. The van der Waals surface area contributed by atoms with Crippen LogP contribution in [-0.2, 0) is 17.9 Å². The lowest BCUT2D eigenvalue weighted by atomic mass is 10.1. The summed E-state index contributed by atoms with van der Waals surface area (Å²) in [6.07, 6.45) is 1.80. The number of fused-ring (bicyclic) bond motifs is 3. The number of aromatic nitrogens is 4. The van der Waals surface area contributed by atoms with Crippen LogP contribution in [0.3, 0.4) is 0 Å². The zero-order chi connectivity index (χ0) is 20.6. The van der Waals surface area contributed by atoms with Crippen molar-refractivity contribution in [1.82, 2.24) is 19.5 Å². The van der Waals surface area contributed by atoms with E-state index in [1.54, 1.807) is 6.20 Å². The standard InChI is InChI=1S/C22H24FN5O/c1-4-29-12-17-27-19-20(28(17)13-22(2,3)23)18-16(26-21(19)24)10-15(11-25-18)14-8-6-5-7-9-14/h5-11H,4,12-13H2,1-3H3,(H2,24,26). The lowest BCUT2D eigenvalue weighted by Gasteiger charge is -2.18. The van der Waals surface area contributed by atoms with Gasteiger partial charge in [0.05, 0.1) is 12.1 Å². The quantitative estimate of drug-likeness (QED) is 0.521. The smallest absolute Gasteiger partial charge is 0.152 e. The molecule has 0 bridgehead atoms. The zero-order valence-corrected chi connectivity index (χ0v) is 16.8. The van der Waals surface area contributed by atoms with Gasteiger partial charge in [0.2, 0.25) is 0 Å². The Balaban J connectivity index is 1.96. The van der Waals surface area contributed by atoms with Gasteiger partial charge in [-0.05, 0) is 32.4 Å². The van der Waals surface area contributed by atoms with Gasteiger partial charge < -0.3 is 15.0 Å². The van der Waals surface area contributed by atoms with Gasteiger partial charge >= 0.3 is 0 Å². The van der Waals surface area contributed by atoms with Crippen molar-refractivity contribution >= 4 is 27.9 Å². The Kier molecular flexibility index (Phi) is 4.92. The molecular weight excluding hydrogens is 369 g/mol. The predicted molar refractivity (Wildman–Crippen MR) is 113 cm³/mol. The van der Waals surface area contributed by atoms with Crippen LogP contribution in [0, 0.1) is 0 Å². The molecule has 0 spiro atoms. The van der Waals surface area contributed by atoms with Crippen molar-refractivity contribution in [3.05, 3.63) is 48.4 Å². The molecule has 0 amide bonds. The second kappa shape index (κ2) is 7.40. The molecular formula is C22H24FN5O.